The first-order valence-electron chi connectivity index (χ1n) is 8.58. The molecular formula is C18H23Cl2N5O. The Hall–Kier alpha value is -1.92. The van der Waals surface area contributed by atoms with Gasteiger partial charge in [-0.15, -0.1) is 0 Å². The summed E-state index contributed by atoms with van der Waals surface area (Å²) < 4.78 is 7.57. The van der Waals surface area contributed by atoms with Crippen molar-refractivity contribution in [1.29, 1.82) is 0 Å². The Morgan fingerprint density at radius 2 is 2.08 bits per heavy atom. The molecule has 2 heterocycles. The first-order chi connectivity index (χ1) is 12.6. The molecule has 0 atom stereocenters. The maximum Gasteiger partial charge on any atom is 0.213 e. The van der Waals surface area contributed by atoms with Crippen LogP contribution >= 0.6 is 23.2 Å². The third-order valence-corrected chi connectivity index (χ3v) is 5.14. The molecule has 0 unspecified atom stereocenters. The molecule has 0 bridgehead atoms. The fraction of sp³-hybridized carbons (Fsp3) is 0.444. The zero-order valence-corrected chi connectivity index (χ0v) is 16.4. The molecule has 0 amide bonds. The molecule has 3 rings (SSSR count). The predicted molar refractivity (Wildman–Crippen MR) is 105 cm³/mol. The van der Waals surface area contributed by atoms with Gasteiger partial charge in [-0.2, -0.15) is 0 Å². The van der Waals surface area contributed by atoms with E-state index in [1.54, 1.807) is 13.2 Å². The molecule has 0 aromatic carbocycles. The number of hydrogen-bond acceptors (Lipinski definition) is 3. The summed E-state index contributed by atoms with van der Waals surface area (Å²) in [5, 5.41) is 7.61. The van der Waals surface area contributed by atoms with Gasteiger partial charge in [-0.3, -0.25) is 4.99 Å². The highest BCUT2D eigenvalue weighted by Crippen LogP contribution is 2.29. The van der Waals surface area contributed by atoms with E-state index >= 15 is 0 Å². The average molecular weight is 396 g/mol. The second kappa shape index (κ2) is 8.64. The fourth-order valence-corrected chi connectivity index (χ4v) is 2.88. The molecule has 0 saturated heterocycles. The van der Waals surface area contributed by atoms with E-state index in [0.29, 0.717) is 41.0 Å². The molecule has 0 radical (unpaired) electrons. The van der Waals surface area contributed by atoms with E-state index in [1.807, 2.05) is 29.8 Å². The maximum atomic E-state index is 6.09. The Labute approximate surface area is 163 Å². The van der Waals surface area contributed by atoms with Crippen LogP contribution in [0.25, 0.3) is 0 Å². The van der Waals surface area contributed by atoms with Gasteiger partial charge in [0.2, 0.25) is 5.88 Å². The average Bonchev–Trinajstić information content (AvgIpc) is 3.45. The summed E-state index contributed by atoms with van der Waals surface area (Å²) in [5.74, 6) is 2.07. The zero-order chi connectivity index (χ0) is 18.5. The number of halogens is 2. The van der Waals surface area contributed by atoms with Crippen LogP contribution in [0.3, 0.4) is 0 Å². The molecule has 1 fully saturated rings. The van der Waals surface area contributed by atoms with E-state index in [-0.39, 0.29) is 0 Å². The summed E-state index contributed by atoms with van der Waals surface area (Å²) in [5.41, 5.74) is 2.06. The molecule has 1 aliphatic rings. The highest BCUT2D eigenvalue weighted by molar-refractivity contribution is 6.41. The van der Waals surface area contributed by atoms with Crippen LogP contribution in [-0.2, 0) is 20.1 Å². The van der Waals surface area contributed by atoms with Crippen molar-refractivity contribution in [1.82, 2.24) is 20.2 Å². The molecule has 0 aliphatic heterocycles. The normalized spacial score (nSPS) is 14.4. The van der Waals surface area contributed by atoms with Crippen molar-refractivity contribution in [2.24, 2.45) is 18.0 Å². The molecule has 0 spiro atoms. The summed E-state index contributed by atoms with van der Waals surface area (Å²) >= 11 is 12.1. The lowest BCUT2D eigenvalue weighted by atomic mass is 10.2. The molecule has 1 aliphatic carbocycles. The maximum absolute atomic E-state index is 6.09. The van der Waals surface area contributed by atoms with E-state index in [1.165, 1.54) is 12.8 Å². The summed E-state index contributed by atoms with van der Waals surface area (Å²) in [6, 6.07) is 5.76. The SMILES string of the molecule is CN=C(NCc1ccnc(OCC2CC2)c1)NCc1cc(Cl)c(Cl)n1C. The third-order valence-electron chi connectivity index (χ3n) is 4.30. The van der Waals surface area contributed by atoms with E-state index in [0.717, 1.165) is 17.9 Å². The van der Waals surface area contributed by atoms with Gasteiger partial charge in [0.25, 0.3) is 0 Å². The quantitative estimate of drug-likeness (QED) is 0.557. The van der Waals surface area contributed by atoms with Crippen molar-refractivity contribution in [3.63, 3.8) is 0 Å². The lowest BCUT2D eigenvalue weighted by Gasteiger charge is -2.13. The number of rotatable bonds is 7. The molecule has 1 saturated carbocycles. The van der Waals surface area contributed by atoms with Crippen molar-refractivity contribution in [2.75, 3.05) is 13.7 Å². The molecule has 2 aromatic rings. The number of aliphatic imine (C=N–C) groups is 1. The third kappa shape index (κ3) is 5.05. The standard InChI is InChI=1S/C18H23Cl2N5O/c1-21-18(24-10-14-8-15(19)17(20)25(14)2)23-9-13-5-6-22-16(7-13)26-11-12-3-4-12/h5-8,12H,3-4,9-11H2,1-2H3,(H2,21,23,24). The van der Waals surface area contributed by atoms with Crippen molar-refractivity contribution >= 4 is 29.2 Å². The Balaban J connectivity index is 1.50. The fourth-order valence-electron chi connectivity index (χ4n) is 2.47. The minimum Gasteiger partial charge on any atom is -0.477 e. The molecule has 8 heteroatoms. The molecule has 2 aromatic heterocycles. The van der Waals surface area contributed by atoms with Crippen LogP contribution in [0.4, 0.5) is 0 Å². The van der Waals surface area contributed by atoms with E-state index in [2.05, 4.69) is 20.6 Å². The summed E-state index contributed by atoms with van der Waals surface area (Å²) in [7, 11) is 3.61. The monoisotopic (exact) mass is 395 g/mol. The van der Waals surface area contributed by atoms with Gasteiger partial charge in [0.15, 0.2) is 5.96 Å². The minimum absolute atomic E-state index is 0.530. The number of nitrogens with one attached hydrogen (secondary N) is 2. The lowest BCUT2D eigenvalue weighted by Crippen LogP contribution is -2.36. The zero-order valence-electron chi connectivity index (χ0n) is 14.9. The lowest BCUT2D eigenvalue weighted by molar-refractivity contribution is 0.288. The Kier molecular flexibility index (Phi) is 6.27. The van der Waals surface area contributed by atoms with Gasteiger partial charge in [-0.25, -0.2) is 4.98 Å². The summed E-state index contributed by atoms with van der Waals surface area (Å²) in [4.78, 5) is 8.50. The van der Waals surface area contributed by atoms with E-state index in [4.69, 9.17) is 27.9 Å². The Morgan fingerprint density at radius 1 is 1.31 bits per heavy atom. The highest BCUT2D eigenvalue weighted by Gasteiger charge is 2.22. The predicted octanol–water partition coefficient (Wildman–Crippen LogP) is 3.38. The van der Waals surface area contributed by atoms with Gasteiger partial charge >= 0.3 is 0 Å². The number of aromatic nitrogens is 2. The van der Waals surface area contributed by atoms with Crippen LogP contribution < -0.4 is 15.4 Å². The van der Waals surface area contributed by atoms with Crippen LogP contribution in [0.2, 0.25) is 10.2 Å². The van der Waals surface area contributed by atoms with Crippen LogP contribution in [0.15, 0.2) is 29.4 Å². The van der Waals surface area contributed by atoms with Gasteiger partial charge in [0.05, 0.1) is 18.2 Å². The number of guanidine groups is 1. The number of ether oxygens (including phenoxy) is 1. The second-order valence-corrected chi connectivity index (χ2v) is 7.13. The van der Waals surface area contributed by atoms with Gasteiger partial charge < -0.3 is 19.9 Å². The van der Waals surface area contributed by atoms with Crippen molar-refractivity contribution in [3.05, 3.63) is 45.8 Å². The van der Waals surface area contributed by atoms with Gasteiger partial charge in [-0.05, 0) is 36.5 Å². The highest BCUT2D eigenvalue weighted by atomic mass is 35.5. The smallest absolute Gasteiger partial charge is 0.213 e. The topological polar surface area (TPSA) is 63.5 Å². The number of nitrogens with zero attached hydrogens (tertiary/aromatic N) is 3. The van der Waals surface area contributed by atoms with Crippen molar-refractivity contribution in [3.8, 4) is 5.88 Å². The number of pyridine rings is 1. The van der Waals surface area contributed by atoms with E-state index in [9.17, 15) is 0 Å². The van der Waals surface area contributed by atoms with Crippen LogP contribution in [0.5, 0.6) is 5.88 Å². The minimum atomic E-state index is 0.530. The molecule has 6 nitrogen and oxygen atoms in total. The Morgan fingerprint density at radius 3 is 2.73 bits per heavy atom. The largest absolute Gasteiger partial charge is 0.477 e. The summed E-state index contributed by atoms with van der Waals surface area (Å²) in [6.45, 7) is 1.94. The van der Waals surface area contributed by atoms with Crippen LogP contribution in [0.1, 0.15) is 24.1 Å². The van der Waals surface area contributed by atoms with Gasteiger partial charge in [0, 0.05) is 38.6 Å². The second-order valence-electron chi connectivity index (χ2n) is 6.37. The first-order valence-corrected chi connectivity index (χ1v) is 9.34. The number of hydrogen-bond donors (Lipinski definition) is 2. The Bertz CT molecular complexity index is 786. The van der Waals surface area contributed by atoms with Crippen LogP contribution in [-0.4, -0.2) is 29.2 Å². The van der Waals surface area contributed by atoms with Crippen LogP contribution in [0, 0.1) is 5.92 Å². The van der Waals surface area contributed by atoms with E-state index < -0.39 is 0 Å². The summed E-state index contributed by atoms with van der Waals surface area (Å²) in [6.07, 6.45) is 4.30. The van der Waals surface area contributed by atoms with Crippen molar-refractivity contribution in [2.45, 2.75) is 25.9 Å². The molecule has 2 N–H and O–H groups in total. The molecule has 26 heavy (non-hydrogen) atoms. The molecular weight excluding hydrogens is 373 g/mol. The van der Waals surface area contributed by atoms with Gasteiger partial charge in [0.1, 0.15) is 5.15 Å². The van der Waals surface area contributed by atoms with Gasteiger partial charge in [-0.1, -0.05) is 23.2 Å². The molecule has 140 valence electrons. The van der Waals surface area contributed by atoms with Crippen molar-refractivity contribution < 1.29 is 4.74 Å². The first kappa shape index (κ1) is 18.9.